The van der Waals surface area contributed by atoms with Crippen LogP contribution in [0, 0.1) is 11.3 Å². The highest BCUT2D eigenvalue weighted by molar-refractivity contribution is 4.82. The van der Waals surface area contributed by atoms with Gasteiger partial charge in [0, 0.05) is 18.6 Å². The standard InChI is InChI=1S/C18H36N2/c1-15(20-12-5-6-13-20)14-19-17-9-7-8-16(10-11-17)18(2,3)4/h15-17,19H,5-14H2,1-4H3. The zero-order chi connectivity index (χ0) is 14.6. The Kier molecular flexibility index (Phi) is 5.92. The highest BCUT2D eigenvalue weighted by Gasteiger charge is 2.28. The zero-order valence-electron chi connectivity index (χ0n) is 14.3. The minimum Gasteiger partial charge on any atom is -0.312 e. The van der Waals surface area contributed by atoms with E-state index < -0.39 is 0 Å². The maximum absolute atomic E-state index is 3.87. The number of hydrogen-bond acceptors (Lipinski definition) is 2. The molecule has 0 radical (unpaired) electrons. The Morgan fingerprint density at radius 2 is 1.70 bits per heavy atom. The number of nitrogens with one attached hydrogen (secondary N) is 1. The van der Waals surface area contributed by atoms with Crippen LogP contribution in [-0.4, -0.2) is 36.6 Å². The fourth-order valence-corrected chi connectivity index (χ4v) is 4.02. The largest absolute Gasteiger partial charge is 0.312 e. The summed E-state index contributed by atoms with van der Waals surface area (Å²) >= 11 is 0. The molecule has 2 nitrogen and oxygen atoms in total. The summed E-state index contributed by atoms with van der Waals surface area (Å²) in [7, 11) is 0. The second-order valence-corrected chi connectivity index (χ2v) is 8.27. The Balaban J connectivity index is 1.71. The van der Waals surface area contributed by atoms with Crippen LogP contribution in [0.1, 0.15) is 72.6 Å². The van der Waals surface area contributed by atoms with Gasteiger partial charge in [-0.25, -0.2) is 0 Å². The van der Waals surface area contributed by atoms with Crippen molar-refractivity contribution in [3.63, 3.8) is 0 Å². The van der Waals surface area contributed by atoms with Gasteiger partial charge in [0.2, 0.25) is 0 Å². The van der Waals surface area contributed by atoms with E-state index >= 15 is 0 Å². The predicted octanol–water partition coefficient (Wildman–Crippen LogP) is 4.06. The molecule has 1 aliphatic carbocycles. The van der Waals surface area contributed by atoms with E-state index in [1.807, 2.05) is 0 Å². The van der Waals surface area contributed by atoms with Crippen molar-refractivity contribution in [2.24, 2.45) is 11.3 Å². The SMILES string of the molecule is CC(CNC1CCCC(C(C)(C)C)CC1)N1CCCC1. The second kappa shape index (κ2) is 7.26. The summed E-state index contributed by atoms with van der Waals surface area (Å²) < 4.78 is 0. The first kappa shape index (κ1) is 16.3. The van der Waals surface area contributed by atoms with Crippen LogP contribution in [0.5, 0.6) is 0 Å². The van der Waals surface area contributed by atoms with Gasteiger partial charge in [-0.05, 0) is 69.9 Å². The quantitative estimate of drug-likeness (QED) is 0.781. The maximum atomic E-state index is 3.87. The first-order valence-corrected chi connectivity index (χ1v) is 8.94. The van der Waals surface area contributed by atoms with E-state index in [-0.39, 0.29) is 0 Å². The Bertz CT molecular complexity index is 276. The van der Waals surface area contributed by atoms with Gasteiger partial charge in [0.05, 0.1) is 0 Å². The van der Waals surface area contributed by atoms with Crippen LogP contribution in [0.3, 0.4) is 0 Å². The van der Waals surface area contributed by atoms with Gasteiger partial charge in [-0.1, -0.05) is 27.2 Å². The molecule has 2 rings (SSSR count). The van der Waals surface area contributed by atoms with Crippen LogP contribution in [0.2, 0.25) is 0 Å². The molecule has 0 amide bonds. The molecule has 2 aliphatic rings. The van der Waals surface area contributed by atoms with E-state index in [0.29, 0.717) is 5.41 Å². The molecule has 3 atom stereocenters. The minimum atomic E-state index is 0.498. The molecule has 3 unspecified atom stereocenters. The van der Waals surface area contributed by atoms with Crippen molar-refractivity contribution in [1.82, 2.24) is 10.2 Å². The summed E-state index contributed by atoms with van der Waals surface area (Å²) in [4.78, 5) is 2.65. The van der Waals surface area contributed by atoms with Crippen molar-refractivity contribution in [3.8, 4) is 0 Å². The Morgan fingerprint density at radius 3 is 2.35 bits per heavy atom. The summed E-state index contributed by atoms with van der Waals surface area (Å²) in [6.07, 6.45) is 9.84. The van der Waals surface area contributed by atoms with Crippen LogP contribution in [0.4, 0.5) is 0 Å². The molecule has 0 aromatic carbocycles. The van der Waals surface area contributed by atoms with Gasteiger partial charge in [-0.3, -0.25) is 4.90 Å². The molecule has 20 heavy (non-hydrogen) atoms. The smallest absolute Gasteiger partial charge is 0.0192 e. The Hall–Kier alpha value is -0.0800. The second-order valence-electron chi connectivity index (χ2n) is 8.27. The molecule has 2 heteroatoms. The molecule has 1 aliphatic heterocycles. The highest BCUT2D eigenvalue weighted by Crippen LogP contribution is 2.36. The van der Waals surface area contributed by atoms with Crippen molar-refractivity contribution in [2.75, 3.05) is 19.6 Å². The van der Waals surface area contributed by atoms with Crippen LogP contribution in [0.15, 0.2) is 0 Å². The lowest BCUT2D eigenvalue weighted by Gasteiger charge is -2.30. The van der Waals surface area contributed by atoms with Gasteiger partial charge in [-0.15, -0.1) is 0 Å². The van der Waals surface area contributed by atoms with E-state index in [4.69, 9.17) is 0 Å². The van der Waals surface area contributed by atoms with Crippen molar-refractivity contribution in [1.29, 1.82) is 0 Å². The van der Waals surface area contributed by atoms with Crippen LogP contribution < -0.4 is 5.32 Å². The topological polar surface area (TPSA) is 15.3 Å². The summed E-state index contributed by atoms with van der Waals surface area (Å²) in [5.74, 6) is 0.922. The molecule has 118 valence electrons. The molecule has 1 saturated heterocycles. The lowest BCUT2D eigenvalue weighted by molar-refractivity contribution is 0.212. The third kappa shape index (κ3) is 4.73. The number of rotatable bonds is 4. The Morgan fingerprint density at radius 1 is 1.00 bits per heavy atom. The van der Waals surface area contributed by atoms with Gasteiger partial charge in [0.15, 0.2) is 0 Å². The first-order chi connectivity index (χ1) is 9.47. The highest BCUT2D eigenvalue weighted by atomic mass is 15.2. The van der Waals surface area contributed by atoms with E-state index in [9.17, 15) is 0 Å². The van der Waals surface area contributed by atoms with Crippen LogP contribution >= 0.6 is 0 Å². The summed E-state index contributed by atoms with van der Waals surface area (Å²) in [5.41, 5.74) is 0.498. The van der Waals surface area contributed by atoms with E-state index in [1.54, 1.807) is 0 Å². The van der Waals surface area contributed by atoms with Crippen molar-refractivity contribution < 1.29 is 0 Å². The lowest BCUT2D eigenvalue weighted by Crippen LogP contribution is -2.42. The molecule has 0 bridgehead atoms. The number of nitrogens with zero attached hydrogens (tertiary/aromatic N) is 1. The molecular formula is C18H36N2. The summed E-state index contributed by atoms with van der Waals surface area (Å²) in [6.45, 7) is 13.5. The molecule has 2 fully saturated rings. The van der Waals surface area contributed by atoms with Crippen LogP contribution in [0.25, 0.3) is 0 Å². The predicted molar refractivity (Wildman–Crippen MR) is 88.1 cm³/mol. The monoisotopic (exact) mass is 280 g/mol. The minimum absolute atomic E-state index is 0.498. The van der Waals surface area contributed by atoms with Gasteiger partial charge >= 0.3 is 0 Å². The Labute approximate surface area is 126 Å². The van der Waals surface area contributed by atoms with Crippen molar-refractivity contribution in [2.45, 2.75) is 84.7 Å². The summed E-state index contributed by atoms with van der Waals surface area (Å²) in [5, 5.41) is 3.87. The van der Waals surface area contributed by atoms with Crippen LogP contribution in [-0.2, 0) is 0 Å². The van der Waals surface area contributed by atoms with Gasteiger partial charge in [0.25, 0.3) is 0 Å². The van der Waals surface area contributed by atoms with Gasteiger partial charge in [-0.2, -0.15) is 0 Å². The average Bonchev–Trinajstić information content (AvgIpc) is 2.80. The van der Waals surface area contributed by atoms with E-state index in [1.165, 1.54) is 64.6 Å². The summed E-state index contributed by atoms with van der Waals surface area (Å²) in [6, 6.07) is 1.49. The normalized spacial score (nSPS) is 31.2. The van der Waals surface area contributed by atoms with Crippen molar-refractivity contribution in [3.05, 3.63) is 0 Å². The molecular weight excluding hydrogens is 244 g/mol. The molecule has 1 heterocycles. The average molecular weight is 280 g/mol. The van der Waals surface area contributed by atoms with Gasteiger partial charge < -0.3 is 5.32 Å². The van der Waals surface area contributed by atoms with Gasteiger partial charge in [0.1, 0.15) is 0 Å². The van der Waals surface area contributed by atoms with E-state index in [2.05, 4.69) is 37.9 Å². The number of hydrogen-bond donors (Lipinski definition) is 1. The molecule has 1 N–H and O–H groups in total. The molecule has 1 saturated carbocycles. The van der Waals surface area contributed by atoms with Crippen molar-refractivity contribution >= 4 is 0 Å². The first-order valence-electron chi connectivity index (χ1n) is 8.94. The molecule has 0 aromatic rings. The third-order valence-electron chi connectivity index (χ3n) is 5.66. The fraction of sp³-hybridized carbons (Fsp3) is 1.00. The van der Waals surface area contributed by atoms with E-state index in [0.717, 1.165) is 18.0 Å². The molecule has 0 aromatic heterocycles. The third-order valence-corrected chi connectivity index (χ3v) is 5.66. The number of likely N-dealkylation sites (tertiary alicyclic amines) is 1. The zero-order valence-corrected chi connectivity index (χ0v) is 14.3. The maximum Gasteiger partial charge on any atom is 0.0192 e. The fourth-order valence-electron chi connectivity index (χ4n) is 4.02. The molecule has 0 spiro atoms. The lowest BCUT2D eigenvalue weighted by atomic mass is 9.76.